The number of hydrazone groups is 1. The van der Waals surface area contributed by atoms with Crippen LogP contribution < -0.4 is 10.7 Å². The summed E-state index contributed by atoms with van der Waals surface area (Å²) in [6.45, 7) is 2.05. The summed E-state index contributed by atoms with van der Waals surface area (Å²) in [6, 6.07) is 17.9. The molecule has 2 heterocycles. The molecule has 3 aromatic rings. The first-order valence-electron chi connectivity index (χ1n) is 9.93. The summed E-state index contributed by atoms with van der Waals surface area (Å²) >= 11 is 5.27. The Hall–Kier alpha value is -2.88. The van der Waals surface area contributed by atoms with Gasteiger partial charge in [-0.3, -0.25) is 5.43 Å². The van der Waals surface area contributed by atoms with Gasteiger partial charge in [-0.15, -0.1) is 0 Å². The van der Waals surface area contributed by atoms with Crippen LogP contribution >= 0.6 is 12.2 Å². The maximum atomic E-state index is 11.7. The number of hydrogen-bond donors (Lipinski definition) is 3. The minimum atomic E-state index is -2.72. The minimum Gasteiger partial charge on any atom is -0.354 e. The van der Waals surface area contributed by atoms with Crippen molar-refractivity contribution in [3.8, 4) is 16.9 Å². The first kappa shape index (κ1) is 21.4. The van der Waals surface area contributed by atoms with Gasteiger partial charge in [-0.05, 0) is 31.3 Å². The van der Waals surface area contributed by atoms with Gasteiger partial charge in [0.05, 0.1) is 17.9 Å². The highest BCUT2D eigenvalue weighted by molar-refractivity contribution is 7.98. The number of nitrogens with zero attached hydrogens (tertiary/aromatic N) is 3. The lowest BCUT2D eigenvalue weighted by atomic mass is 10.1. The number of aromatic nitrogens is 2. The lowest BCUT2D eigenvalue weighted by Crippen LogP contribution is -2.40. The Balaban J connectivity index is 1.52. The Bertz CT molecular complexity index is 1140. The highest BCUT2D eigenvalue weighted by Crippen LogP contribution is 2.23. The zero-order valence-corrected chi connectivity index (χ0v) is 18.7. The monoisotopic (exact) mass is 454 g/mol. The molecule has 9 heteroatoms. The van der Waals surface area contributed by atoms with Crippen LogP contribution in [0.3, 0.4) is 0 Å². The van der Waals surface area contributed by atoms with E-state index in [-0.39, 0.29) is 11.8 Å². The largest absolute Gasteiger partial charge is 0.354 e. The Morgan fingerprint density at radius 2 is 2.00 bits per heavy atom. The van der Waals surface area contributed by atoms with Crippen LogP contribution in [0.4, 0.5) is 0 Å². The van der Waals surface area contributed by atoms with E-state index in [9.17, 15) is 8.76 Å². The summed E-state index contributed by atoms with van der Waals surface area (Å²) in [6.07, 6.45) is 4.21. The highest BCUT2D eigenvalue weighted by Gasteiger charge is 2.38. The Labute approximate surface area is 187 Å². The quantitative estimate of drug-likeness (QED) is 0.237. The summed E-state index contributed by atoms with van der Waals surface area (Å²) < 4.78 is 23.2. The Morgan fingerprint density at radius 1 is 1.26 bits per heavy atom. The minimum absolute atomic E-state index is 0.114. The van der Waals surface area contributed by atoms with Crippen LogP contribution in [0, 0.1) is 6.92 Å². The van der Waals surface area contributed by atoms with Crippen LogP contribution in [0.5, 0.6) is 0 Å². The first-order chi connectivity index (χ1) is 14.9. The summed E-state index contributed by atoms with van der Waals surface area (Å²) in [5.41, 5.74) is 7.57. The lowest BCUT2D eigenvalue weighted by Gasteiger charge is -2.10. The molecule has 1 aromatic heterocycles. The average Bonchev–Trinajstić information content (AvgIpc) is 3.32. The van der Waals surface area contributed by atoms with E-state index in [2.05, 4.69) is 28.0 Å². The molecule has 0 aliphatic carbocycles. The van der Waals surface area contributed by atoms with E-state index in [1.165, 1.54) is 5.56 Å². The topological polar surface area (TPSA) is 91.5 Å². The van der Waals surface area contributed by atoms with Crippen LogP contribution in [-0.2, 0) is 14.4 Å². The third-order valence-electron chi connectivity index (χ3n) is 5.04. The van der Waals surface area contributed by atoms with E-state index in [4.69, 9.17) is 17.3 Å². The van der Waals surface area contributed by atoms with Gasteiger partial charge in [0.1, 0.15) is 11.4 Å². The predicted octanol–water partition coefficient (Wildman–Crippen LogP) is 3.39. The molecule has 1 unspecified atom stereocenters. The maximum absolute atomic E-state index is 11.7. The number of benzene rings is 2. The molecular weight excluding hydrogens is 430 g/mol. The second-order valence-corrected chi connectivity index (χ2v) is 10.2. The van der Waals surface area contributed by atoms with Gasteiger partial charge in [0.15, 0.2) is 10.9 Å². The van der Waals surface area contributed by atoms with Crippen LogP contribution in [0.15, 0.2) is 65.9 Å². The summed E-state index contributed by atoms with van der Waals surface area (Å²) in [5.74, 6) is 0.509. The fourth-order valence-electron chi connectivity index (χ4n) is 3.43. The number of aryl methyl sites for hydroxylation is 1. The highest BCUT2D eigenvalue weighted by atomic mass is 32.3. The maximum Gasteiger partial charge on any atom is 0.216 e. The molecule has 7 nitrogen and oxygen atoms in total. The first-order valence-corrected chi connectivity index (χ1v) is 12.2. The molecule has 31 heavy (non-hydrogen) atoms. The van der Waals surface area contributed by atoms with Crippen molar-refractivity contribution in [1.82, 2.24) is 20.5 Å². The van der Waals surface area contributed by atoms with Crippen molar-refractivity contribution in [2.45, 2.75) is 19.4 Å². The van der Waals surface area contributed by atoms with Gasteiger partial charge in [0.25, 0.3) is 0 Å². The molecule has 1 saturated heterocycles. The second-order valence-electron chi connectivity index (χ2n) is 7.55. The number of para-hydroxylation sites is 1. The average molecular weight is 455 g/mol. The van der Waals surface area contributed by atoms with E-state index >= 15 is 0 Å². The molecule has 0 spiro atoms. The molecular formula is C22H24N5O2S2+. The molecule has 1 aliphatic rings. The molecule has 0 amide bonds. The Kier molecular flexibility index (Phi) is 6.26. The smallest absolute Gasteiger partial charge is 0.216 e. The number of nitrogens with one attached hydrogen (secondary N) is 2. The van der Waals surface area contributed by atoms with Gasteiger partial charge in [-0.1, -0.05) is 52.2 Å². The number of hydrogen-bond acceptors (Lipinski definition) is 4. The third kappa shape index (κ3) is 5.43. The van der Waals surface area contributed by atoms with Gasteiger partial charge in [0, 0.05) is 23.7 Å². The Morgan fingerprint density at radius 3 is 2.68 bits per heavy atom. The molecule has 4 rings (SSSR count). The predicted molar refractivity (Wildman–Crippen MR) is 129 cm³/mol. The SMILES string of the molecule is Cc1ccc(-c2nn(-c3ccccc3)cc2/C=N\NC(=S)N[C@@H]2CC[S+](=O)(O)C2)cc1. The summed E-state index contributed by atoms with van der Waals surface area (Å²) in [4.78, 5) is 0. The summed E-state index contributed by atoms with van der Waals surface area (Å²) in [5, 5.41) is 12.4. The van der Waals surface area contributed by atoms with E-state index in [1.807, 2.05) is 60.3 Å². The second kappa shape index (κ2) is 9.09. The van der Waals surface area contributed by atoms with Crippen LogP contribution in [0.1, 0.15) is 17.5 Å². The standard InChI is InChI=1S/C22H23N5O2S2/c1-16-7-9-17(10-8-16)21-18(14-27(26-21)20-5-3-2-4-6-20)13-23-25-22(30)24-19-11-12-31(28,29)15-19/h2-10,13-14,19H,11-12,15H2,1H3,(H2-,24,25,28,29,30)/p+1/b23-13-/t19-/m1/s1. The zero-order valence-electron chi connectivity index (χ0n) is 17.1. The van der Waals surface area contributed by atoms with Crippen molar-refractivity contribution < 1.29 is 8.76 Å². The molecule has 2 atom stereocenters. The van der Waals surface area contributed by atoms with Gasteiger partial charge >= 0.3 is 0 Å². The van der Waals surface area contributed by atoms with E-state index in [0.717, 1.165) is 22.5 Å². The molecule has 0 radical (unpaired) electrons. The fraction of sp³-hybridized carbons (Fsp3) is 0.227. The van der Waals surface area contributed by atoms with Gasteiger partial charge in [0.2, 0.25) is 10.2 Å². The third-order valence-corrected chi connectivity index (χ3v) is 7.05. The number of thiocarbonyl (C=S) groups is 1. The normalized spacial score (nSPS) is 20.8. The molecule has 2 aromatic carbocycles. The molecule has 3 N–H and O–H groups in total. The summed E-state index contributed by atoms with van der Waals surface area (Å²) in [7, 11) is -2.72. The van der Waals surface area contributed by atoms with Crippen LogP contribution in [0.25, 0.3) is 16.9 Å². The van der Waals surface area contributed by atoms with Crippen molar-refractivity contribution in [2.24, 2.45) is 5.10 Å². The molecule has 0 saturated carbocycles. The van der Waals surface area contributed by atoms with Gasteiger partial charge in [-0.2, -0.15) is 14.8 Å². The van der Waals surface area contributed by atoms with Gasteiger partial charge in [-0.25, -0.2) is 4.68 Å². The molecule has 1 fully saturated rings. The molecule has 0 bridgehead atoms. The lowest BCUT2D eigenvalue weighted by molar-refractivity contribution is 0.502. The van der Waals surface area contributed by atoms with Crippen molar-refractivity contribution in [1.29, 1.82) is 0 Å². The molecule has 1 aliphatic heterocycles. The van der Waals surface area contributed by atoms with Crippen LogP contribution in [-0.4, -0.2) is 43.2 Å². The molecule has 160 valence electrons. The fourth-order valence-corrected chi connectivity index (χ4v) is 5.35. The van der Waals surface area contributed by atoms with Crippen molar-refractivity contribution in [3.63, 3.8) is 0 Å². The van der Waals surface area contributed by atoms with Crippen molar-refractivity contribution in [3.05, 3.63) is 71.9 Å². The zero-order chi connectivity index (χ0) is 21.8. The van der Waals surface area contributed by atoms with Crippen molar-refractivity contribution in [2.75, 3.05) is 11.5 Å². The van der Waals surface area contributed by atoms with Crippen LogP contribution in [0.2, 0.25) is 0 Å². The van der Waals surface area contributed by atoms with E-state index in [1.54, 1.807) is 6.21 Å². The number of rotatable bonds is 5. The van der Waals surface area contributed by atoms with Crippen molar-refractivity contribution >= 4 is 33.8 Å². The van der Waals surface area contributed by atoms with E-state index < -0.39 is 10.2 Å². The van der Waals surface area contributed by atoms with Gasteiger partial charge < -0.3 is 5.32 Å². The van der Waals surface area contributed by atoms with E-state index in [0.29, 0.717) is 17.3 Å².